The first-order chi connectivity index (χ1) is 20.1. The van der Waals surface area contributed by atoms with Gasteiger partial charge in [-0.05, 0) is 61.6 Å². The topological polar surface area (TPSA) is 91.6 Å². The number of aryl methyl sites for hydroxylation is 2. The van der Waals surface area contributed by atoms with Crippen LogP contribution in [0.1, 0.15) is 43.0 Å². The quantitative estimate of drug-likeness (QED) is 0.346. The van der Waals surface area contributed by atoms with E-state index in [-0.39, 0.29) is 41.0 Å². The molecule has 1 amide bonds. The lowest BCUT2D eigenvalue weighted by Gasteiger charge is -2.41. The van der Waals surface area contributed by atoms with E-state index in [9.17, 15) is 14.7 Å². The molecule has 4 heterocycles. The van der Waals surface area contributed by atoms with Crippen LogP contribution in [0.25, 0.3) is 27.7 Å². The number of hydrogen-bond acceptors (Lipinski definition) is 6. The summed E-state index contributed by atoms with van der Waals surface area (Å²) in [5.74, 6) is -1.77. The molecule has 216 valence electrons. The van der Waals surface area contributed by atoms with Crippen molar-refractivity contribution < 1.29 is 18.7 Å². The van der Waals surface area contributed by atoms with Crippen molar-refractivity contribution in [1.29, 1.82) is 0 Å². The van der Waals surface area contributed by atoms with Crippen LogP contribution < -0.4 is 10.6 Å². The zero-order valence-corrected chi connectivity index (χ0v) is 23.7. The molecule has 1 atom stereocenters. The molecule has 8 nitrogen and oxygen atoms in total. The van der Waals surface area contributed by atoms with E-state index in [1.807, 2.05) is 25.7 Å². The Bertz CT molecular complexity index is 1810. The van der Waals surface area contributed by atoms with E-state index in [0.717, 1.165) is 11.6 Å². The normalized spacial score (nSPS) is 16.5. The monoisotopic (exact) mass is 571 g/mol. The lowest BCUT2D eigenvalue weighted by atomic mass is 9.94. The van der Waals surface area contributed by atoms with Crippen molar-refractivity contribution in [3.8, 4) is 22.6 Å². The molecule has 2 aliphatic rings. The number of phenols is 1. The van der Waals surface area contributed by atoms with Gasteiger partial charge in [-0.15, -0.1) is 0 Å². The predicted molar refractivity (Wildman–Crippen MR) is 157 cm³/mol. The van der Waals surface area contributed by atoms with Crippen molar-refractivity contribution in [1.82, 2.24) is 19.4 Å². The van der Waals surface area contributed by atoms with Gasteiger partial charge in [0.15, 0.2) is 0 Å². The minimum atomic E-state index is -0.784. The average Bonchev–Trinajstić information content (AvgIpc) is 3.12. The Balaban J connectivity index is 1.71. The lowest BCUT2D eigenvalue weighted by Crippen LogP contribution is -2.55. The van der Waals surface area contributed by atoms with Gasteiger partial charge in [-0.1, -0.05) is 26.5 Å². The number of aromatic nitrogens is 3. The van der Waals surface area contributed by atoms with E-state index in [4.69, 9.17) is 0 Å². The summed E-state index contributed by atoms with van der Waals surface area (Å²) in [5, 5.41) is 11.1. The number of nitrogens with zero attached hydrogens (tertiary/aromatic N) is 5. The molecule has 0 bridgehead atoms. The van der Waals surface area contributed by atoms with E-state index in [1.54, 1.807) is 17.2 Å². The van der Waals surface area contributed by atoms with E-state index in [0.29, 0.717) is 54.2 Å². The molecule has 0 aliphatic carbocycles. The molecule has 2 aliphatic heterocycles. The zero-order chi connectivity index (χ0) is 29.9. The maximum absolute atomic E-state index is 16.6. The van der Waals surface area contributed by atoms with Gasteiger partial charge >= 0.3 is 5.69 Å². The number of rotatable bonds is 4. The molecule has 1 N–H and O–H groups in total. The minimum absolute atomic E-state index is 0.0490. The molecule has 2 aromatic heterocycles. The third-order valence-electron chi connectivity index (χ3n) is 8.35. The number of piperazine rings is 1. The molecule has 2 aromatic carbocycles. The van der Waals surface area contributed by atoms with Gasteiger partial charge in [0.25, 0.3) is 0 Å². The van der Waals surface area contributed by atoms with Gasteiger partial charge in [-0.3, -0.25) is 14.3 Å². The highest BCUT2D eigenvalue weighted by atomic mass is 19.1. The Hall–Kier alpha value is -4.60. The fraction of sp³-hybridized carbons (Fsp3) is 0.312. The molecule has 4 aromatic rings. The third-order valence-corrected chi connectivity index (χ3v) is 8.35. The highest BCUT2D eigenvalue weighted by molar-refractivity contribution is 5.98. The second-order valence-corrected chi connectivity index (χ2v) is 11.2. The second kappa shape index (κ2) is 10.3. The van der Waals surface area contributed by atoms with Crippen LogP contribution in [0, 0.1) is 18.6 Å². The molecule has 6 rings (SSSR count). The number of amides is 1. The Morgan fingerprint density at radius 3 is 2.71 bits per heavy atom. The smallest absolute Gasteiger partial charge is 0.354 e. The fourth-order valence-electron chi connectivity index (χ4n) is 6.35. The number of aromatic hydroxyl groups is 1. The van der Waals surface area contributed by atoms with Crippen LogP contribution >= 0.6 is 0 Å². The summed E-state index contributed by atoms with van der Waals surface area (Å²) in [6.07, 6.45) is 3.67. The number of anilines is 1. The number of halogens is 2. The van der Waals surface area contributed by atoms with Gasteiger partial charge in [0.2, 0.25) is 5.91 Å². The molecule has 0 spiro atoms. The van der Waals surface area contributed by atoms with E-state index in [2.05, 4.69) is 16.5 Å². The van der Waals surface area contributed by atoms with Gasteiger partial charge in [-0.25, -0.2) is 13.6 Å². The van der Waals surface area contributed by atoms with Gasteiger partial charge < -0.3 is 14.9 Å². The largest absolute Gasteiger partial charge is 0.507 e. The summed E-state index contributed by atoms with van der Waals surface area (Å²) < 4.78 is 33.2. The van der Waals surface area contributed by atoms with Crippen molar-refractivity contribution in [2.75, 3.05) is 24.5 Å². The second-order valence-electron chi connectivity index (χ2n) is 11.2. The molecule has 1 saturated heterocycles. The van der Waals surface area contributed by atoms with Crippen LogP contribution in [0.3, 0.4) is 0 Å². The standard InChI is InChI=1S/C32H31F2N5O3/c1-5-25(41)37-13-14-38-19(16-37)9-10-20-27-23(15-21(28(20)34)26-22(33)7-6-8-24(26)40)39(32(42)36-31(27)38)30-18(4)11-12-35-29(30)17(2)3/h5-8,11-12,15,17,19,40H,1,9-10,13-14,16H2,2-4H3. The van der Waals surface area contributed by atoms with Gasteiger partial charge in [0.05, 0.1) is 22.5 Å². The number of hydrogen-bond donors (Lipinski definition) is 1. The van der Waals surface area contributed by atoms with Crippen molar-refractivity contribution in [2.24, 2.45) is 0 Å². The van der Waals surface area contributed by atoms with E-state index >= 15 is 8.78 Å². The summed E-state index contributed by atoms with van der Waals surface area (Å²) in [7, 11) is 0. The highest BCUT2D eigenvalue weighted by Crippen LogP contribution is 2.43. The fourth-order valence-corrected chi connectivity index (χ4v) is 6.35. The van der Waals surface area contributed by atoms with Crippen LogP contribution in [0.15, 0.2) is 54.0 Å². The van der Waals surface area contributed by atoms with Crippen molar-refractivity contribution in [3.05, 3.63) is 88.1 Å². The van der Waals surface area contributed by atoms with Crippen molar-refractivity contribution in [2.45, 2.75) is 45.6 Å². The summed E-state index contributed by atoms with van der Waals surface area (Å²) in [5.41, 5.74) is 1.61. The highest BCUT2D eigenvalue weighted by Gasteiger charge is 2.36. The Kier molecular flexibility index (Phi) is 6.79. The molecule has 0 saturated carbocycles. The Morgan fingerprint density at radius 1 is 1.21 bits per heavy atom. The van der Waals surface area contributed by atoms with Crippen LogP contribution in [-0.4, -0.2) is 56.1 Å². The first-order valence-electron chi connectivity index (χ1n) is 14.0. The molecule has 1 unspecified atom stereocenters. The number of fused-ring (bicyclic) bond motifs is 2. The van der Waals surface area contributed by atoms with Crippen LogP contribution in [0.5, 0.6) is 5.75 Å². The summed E-state index contributed by atoms with van der Waals surface area (Å²) >= 11 is 0. The van der Waals surface area contributed by atoms with Gasteiger partial charge in [-0.2, -0.15) is 4.98 Å². The van der Waals surface area contributed by atoms with Crippen molar-refractivity contribution >= 4 is 22.6 Å². The van der Waals surface area contributed by atoms with E-state index in [1.165, 1.54) is 28.8 Å². The number of phenolic OH excluding ortho intramolecular Hbond substituents is 1. The van der Waals surface area contributed by atoms with Crippen molar-refractivity contribution in [3.63, 3.8) is 0 Å². The molecule has 10 heteroatoms. The first-order valence-corrected chi connectivity index (χ1v) is 14.0. The van der Waals surface area contributed by atoms with E-state index < -0.39 is 23.1 Å². The average molecular weight is 572 g/mol. The van der Waals surface area contributed by atoms with Gasteiger partial charge in [0.1, 0.15) is 23.2 Å². The first kappa shape index (κ1) is 27.6. The maximum Gasteiger partial charge on any atom is 0.354 e. The molecular formula is C32H31F2N5O3. The summed E-state index contributed by atoms with van der Waals surface area (Å²) in [6, 6.07) is 6.83. The number of pyridine rings is 1. The number of carbonyl (C=O) groups excluding carboxylic acids is 1. The summed E-state index contributed by atoms with van der Waals surface area (Å²) in [6.45, 7) is 10.6. The molecule has 1 fully saturated rings. The van der Waals surface area contributed by atoms with Gasteiger partial charge in [0, 0.05) is 48.4 Å². The molecule has 0 radical (unpaired) electrons. The Labute approximate surface area is 241 Å². The Morgan fingerprint density at radius 2 is 2.00 bits per heavy atom. The number of benzene rings is 2. The zero-order valence-electron chi connectivity index (χ0n) is 23.7. The van der Waals surface area contributed by atoms with Crippen LogP contribution in [0.2, 0.25) is 0 Å². The molecule has 42 heavy (non-hydrogen) atoms. The van der Waals surface area contributed by atoms with Crippen LogP contribution in [-0.2, 0) is 11.2 Å². The lowest BCUT2D eigenvalue weighted by molar-refractivity contribution is -0.126. The third kappa shape index (κ3) is 4.24. The maximum atomic E-state index is 16.6. The van der Waals surface area contributed by atoms with Crippen LogP contribution in [0.4, 0.5) is 14.6 Å². The number of carbonyl (C=O) groups is 1. The minimum Gasteiger partial charge on any atom is -0.507 e. The predicted octanol–water partition coefficient (Wildman–Crippen LogP) is 5.01. The SMILES string of the molecule is C=CC(=O)N1CCN2c3nc(=O)n(-c4c(C)ccnc4C(C)C)c4cc(-c5c(O)cccc5F)c(F)c(c34)CCC2C1. The summed E-state index contributed by atoms with van der Waals surface area (Å²) in [4.78, 5) is 39.3. The molecular weight excluding hydrogens is 540 g/mol.